The monoisotopic (exact) mass is 409 g/mol. The van der Waals surface area contributed by atoms with Gasteiger partial charge < -0.3 is 20.5 Å². The minimum Gasteiger partial charge on any atom is -0.480 e. The smallest absolute Gasteiger partial charge is 0.328 e. The maximum atomic E-state index is 13.8. The van der Waals surface area contributed by atoms with E-state index in [1.54, 1.807) is 0 Å². The number of carboxylic acids is 1. The Balaban J connectivity index is 1.97. The molecule has 0 fully saturated rings. The van der Waals surface area contributed by atoms with E-state index in [1.807, 2.05) is 0 Å². The lowest BCUT2D eigenvalue weighted by atomic mass is 10.2. The maximum Gasteiger partial charge on any atom is 0.328 e. The molecule has 3 aromatic rings. The van der Waals surface area contributed by atoms with E-state index in [4.69, 9.17) is 5.11 Å². The average Bonchev–Trinajstić information content (AvgIpc) is 2.66. The van der Waals surface area contributed by atoms with Crippen LogP contribution in [-0.2, 0) is 10.5 Å². The first-order valence-electron chi connectivity index (χ1n) is 7.82. The molecular weight excluding hydrogens is 396 g/mol. The van der Waals surface area contributed by atoms with Crippen LogP contribution < -0.4 is 10.9 Å². The van der Waals surface area contributed by atoms with Gasteiger partial charge in [-0.25, -0.2) is 28.5 Å². The highest BCUT2D eigenvalue weighted by molar-refractivity contribution is 7.98. The number of thioether (sulfide) groups is 1. The highest BCUT2D eigenvalue weighted by Crippen LogP contribution is 2.26. The van der Waals surface area contributed by atoms with Crippen LogP contribution in [-0.4, -0.2) is 48.8 Å². The molecule has 0 bridgehead atoms. The highest BCUT2D eigenvalue weighted by Gasteiger charge is 2.20. The minimum atomic E-state index is -1.37. The molecule has 2 aromatic heterocycles. The molecule has 0 amide bonds. The molecule has 0 spiro atoms. The third-order valence-corrected chi connectivity index (χ3v) is 4.49. The van der Waals surface area contributed by atoms with Gasteiger partial charge in [0.1, 0.15) is 11.6 Å². The summed E-state index contributed by atoms with van der Waals surface area (Å²) < 4.78 is 27.1. The number of anilines is 1. The van der Waals surface area contributed by atoms with Crippen LogP contribution in [0.3, 0.4) is 0 Å². The predicted octanol–water partition coefficient (Wildman–Crippen LogP) is 1.14. The molecule has 0 saturated heterocycles. The van der Waals surface area contributed by atoms with E-state index < -0.39 is 35.8 Å². The van der Waals surface area contributed by atoms with Gasteiger partial charge in [-0.1, -0.05) is 23.9 Å². The number of nitrogens with one attached hydrogen (secondary N) is 2. The van der Waals surface area contributed by atoms with Crippen LogP contribution in [0.5, 0.6) is 0 Å². The number of aromatic nitrogens is 4. The summed E-state index contributed by atoms with van der Waals surface area (Å²) in [5.74, 6) is -3.35. The van der Waals surface area contributed by atoms with Gasteiger partial charge in [0, 0.05) is 11.3 Å². The van der Waals surface area contributed by atoms with E-state index in [9.17, 15) is 23.5 Å². The van der Waals surface area contributed by atoms with E-state index in [1.165, 1.54) is 12.1 Å². The number of carbonyl (C=O) groups is 1. The minimum absolute atomic E-state index is 0.0125. The van der Waals surface area contributed by atoms with E-state index in [2.05, 4.69) is 25.3 Å². The largest absolute Gasteiger partial charge is 0.480 e. The van der Waals surface area contributed by atoms with Crippen molar-refractivity contribution < 1.29 is 23.8 Å². The van der Waals surface area contributed by atoms with Crippen molar-refractivity contribution in [1.82, 2.24) is 19.9 Å². The first kappa shape index (κ1) is 19.6. The van der Waals surface area contributed by atoms with Crippen molar-refractivity contribution in [3.8, 4) is 0 Å². The summed E-state index contributed by atoms with van der Waals surface area (Å²) in [5, 5.41) is 20.9. The van der Waals surface area contributed by atoms with Crippen molar-refractivity contribution in [3.05, 3.63) is 51.9 Å². The standard InChI is InChI=1S/C16H13F2N5O4S/c17-8-3-1-2-7(11(8)18)6-28-16-22-13(20-9(5-24)15(26)27)12-14(23-16)21-10(25)4-19-12/h1-4,9,24H,5-6H2,(H,26,27)(H2,20,21,22,23,25). The number of nitrogens with zero attached hydrogens (tertiary/aromatic N) is 3. The lowest BCUT2D eigenvalue weighted by molar-refractivity contribution is -0.138. The van der Waals surface area contributed by atoms with Gasteiger partial charge in [0.2, 0.25) is 0 Å². The third-order valence-electron chi connectivity index (χ3n) is 3.60. The van der Waals surface area contributed by atoms with Crippen molar-refractivity contribution in [1.29, 1.82) is 0 Å². The zero-order valence-corrected chi connectivity index (χ0v) is 14.8. The second kappa shape index (κ2) is 8.27. The Morgan fingerprint density at radius 1 is 1.32 bits per heavy atom. The number of fused-ring (bicyclic) bond motifs is 1. The number of hydrogen-bond donors (Lipinski definition) is 4. The molecule has 2 heterocycles. The Hall–Kier alpha value is -3.12. The van der Waals surface area contributed by atoms with Gasteiger partial charge in [-0.3, -0.25) is 4.79 Å². The molecule has 1 atom stereocenters. The fraction of sp³-hybridized carbons (Fsp3) is 0.188. The fourth-order valence-electron chi connectivity index (χ4n) is 2.23. The van der Waals surface area contributed by atoms with Gasteiger partial charge in [-0.15, -0.1) is 0 Å². The van der Waals surface area contributed by atoms with Crippen LogP contribution >= 0.6 is 11.8 Å². The number of aliphatic carboxylic acids is 1. The van der Waals surface area contributed by atoms with Crippen molar-refractivity contribution in [2.45, 2.75) is 17.0 Å². The number of aliphatic hydroxyl groups is 1. The number of aliphatic hydroxyl groups excluding tert-OH is 1. The number of benzene rings is 1. The third kappa shape index (κ3) is 4.23. The van der Waals surface area contributed by atoms with Crippen molar-refractivity contribution in [2.24, 2.45) is 0 Å². The number of carboxylic acid groups (broad SMARTS) is 1. The highest BCUT2D eigenvalue weighted by atomic mass is 32.2. The average molecular weight is 409 g/mol. The van der Waals surface area contributed by atoms with Gasteiger partial charge in [0.25, 0.3) is 5.56 Å². The van der Waals surface area contributed by atoms with E-state index in [0.29, 0.717) is 0 Å². The molecule has 0 saturated carbocycles. The second-order valence-corrected chi connectivity index (χ2v) is 6.46. The van der Waals surface area contributed by atoms with Gasteiger partial charge >= 0.3 is 5.97 Å². The normalized spacial score (nSPS) is 12.1. The fourth-order valence-corrected chi connectivity index (χ4v) is 3.05. The summed E-state index contributed by atoms with van der Waals surface area (Å²) in [6, 6.07) is 2.39. The summed E-state index contributed by atoms with van der Waals surface area (Å²) in [6.45, 7) is -0.721. The van der Waals surface area contributed by atoms with Crippen LogP contribution in [0.15, 0.2) is 34.3 Å². The molecule has 0 aliphatic carbocycles. The zero-order valence-electron chi connectivity index (χ0n) is 14.0. The number of hydrogen-bond acceptors (Lipinski definition) is 8. The summed E-state index contributed by atoms with van der Waals surface area (Å²) in [5.41, 5.74) is -0.349. The lowest BCUT2D eigenvalue weighted by Crippen LogP contribution is -2.33. The number of aromatic amines is 1. The Morgan fingerprint density at radius 2 is 2.11 bits per heavy atom. The molecule has 28 heavy (non-hydrogen) atoms. The van der Waals surface area contributed by atoms with Crippen LogP contribution in [0.2, 0.25) is 0 Å². The topological polar surface area (TPSA) is 141 Å². The number of halogens is 2. The Morgan fingerprint density at radius 3 is 2.82 bits per heavy atom. The molecule has 0 radical (unpaired) electrons. The molecule has 146 valence electrons. The van der Waals surface area contributed by atoms with E-state index in [0.717, 1.165) is 24.0 Å². The van der Waals surface area contributed by atoms with Gasteiger partial charge in [0.15, 0.2) is 28.3 Å². The molecule has 0 aliphatic heterocycles. The molecule has 3 rings (SSSR count). The van der Waals surface area contributed by atoms with Crippen molar-refractivity contribution in [3.63, 3.8) is 0 Å². The second-order valence-electron chi connectivity index (χ2n) is 5.52. The molecular formula is C16H13F2N5O4S. The van der Waals surface area contributed by atoms with Crippen molar-refractivity contribution in [2.75, 3.05) is 11.9 Å². The Bertz CT molecular complexity index is 1090. The molecule has 4 N–H and O–H groups in total. The molecule has 9 nitrogen and oxygen atoms in total. The van der Waals surface area contributed by atoms with Crippen molar-refractivity contribution >= 4 is 34.7 Å². The zero-order chi connectivity index (χ0) is 20.3. The van der Waals surface area contributed by atoms with Crippen LogP contribution in [0.1, 0.15) is 5.56 Å². The van der Waals surface area contributed by atoms with Gasteiger partial charge in [0.05, 0.1) is 12.8 Å². The van der Waals surface area contributed by atoms with Crippen LogP contribution in [0, 0.1) is 11.6 Å². The summed E-state index contributed by atoms with van der Waals surface area (Å²) in [6.07, 6.45) is 0.973. The number of H-pyrrole nitrogens is 1. The summed E-state index contributed by atoms with van der Waals surface area (Å²) in [7, 11) is 0. The summed E-state index contributed by atoms with van der Waals surface area (Å²) >= 11 is 0.946. The van der Waals surface area contributed by atoms with Gasteiger partial charge in [-0.2, -0.15) is 0 Å². The Labute approximate surface area is 159 Å². The molecule has 12 heteroatoms. The maximum absolute atomic E-state index is 13.8. The lowest BCUT2D eigenvalue weighted by Gasteiger charge is -2.14. The quantitative estimate of drug-likeness (QED) is 0.334. The summed E-state index contributed by atoms with van der Waals surface area (Å²) in [4.78, 5) is 37.3. The Kier molecular flexibility index (Phi) is 5.80. The first-order valence-corrected chi connectivity index (χ1v) is 8.80. The predicted molar refractivity (Wildman–Crippen MR) is 96.0 cm³/mol. The molecule has 1 aromatic carbocycles. The first-order chi connectivity index (χ1) is 13.4. The van der Waals surface area contributed by atoms with Crippen LogP contribution in [0.4, 0.5) is 14.6 Å². The van der Waals surface area contributed by atoms with E-state index in [-0.39, 0.29) is 33.5 Å². The van der Waals surface area contributed by atoms with Gasteiger partial charge in [-0.05, 0) is 6.07 Å². The van der Waals surface area contributed by atoms with E-state index >= 15 is 0 Å². The molecule has 1 unspecified atom stereocenters. The van der Waals surface area contributed by atoms with Crippen LogP contribution in [0.25, 0.3) is 11.2 Å². The number of rotatable bonds is 7. The molecule has 0 aliphatic rings. The SMILES string of the molecule is O=C(O)C(CO)Nc1nc(SCc2cccc(F)c2F)nc2[nH]c(=O)cnc12.